The number of nitrogens with zero attached hydrogens (tertiary/aromatic N) is 1. The van der Waals surface area contributed by atoms with Gasteiger partial charge in [-0.1, -0.05) is 65.8 Å². The summed E-state index contributed by atoms with van der Waals surface area (Å²) < 4.78 is 0. The molecule has 130 valence electrons. The maximum absolute atomic E-state index is 12.7. The van der Waals surface area contributed by atoms with Crippen molar-refractivity contribution in [2.24, 2.45) is 0 Å². The van der Waals surface area contributed by atoms with Crippen LogP contribution in [0.2, 0.25) is 5.02 Å². The number of halogens is 1. The van der Waals surface area contributed by atoms with E-state index in [4.69, 9.17) is 11.6 Å². The molecule has 0 saturated carbocycles. The van der Waals surface area contributed by atoms with Gasteiger partial charge in [-0.05, 0) is 30.2 Å². The van der Waals surface area contributed by atoms with Gasteiger partial charge in [-0.2, -0.15) is 0 Å². The smallest absolute Gasteiger partial charge is 0.260 e. The van der Waals surface area contributed by atoms with Crippen molar-refractivity contribution in [3.05, 3.63) is 80.4 Å². The van der Waals surface area contributed by atoms with E-state index in [1.165, 1.54) is 11.8 Å². The van der Waals surface area contributed by atoms with Gasteiger partial charge in [0.1, 0.15) is 4.83 Å². The number of aromatic amines is 1. The van der Waals surface area contributed by atoms with Crippen LogP contribution in [0.15, 0.2) is 64.5 Å². The Kier molecular flexibility index (Phi) is 4.85. The van der Waals surface area contributed by atoms with E-state index in [9.17, 15) is 4.79 Å². The minimum absolute atomic E-state index is 0.0863. The second-order valence-electron chi connectivity index (χ2n) is 5.87. The van der Waals surface area contributed by atoms with E-state index >= 15 is 0 Å². The molecule has 3 nitrogen and oxygen atoms in total. The normalized spacial score (nSPS) is 11.2. The Morgan fingerprint density at radius 3 is 2.58 bits per heavy atom. The van der Waals surface area contributed by atoms with Gasteiger partial charge in [-0.25, -0.2) is 4.98 Å². The Balaban J connectivity index is 1.69. The fourth-order valence-electron chi connectivity index (χ4n) is 2.85. The second kappa shape index (κ2) is 7.27. The molecule has 2 heterocycles. The molecule has 0 fully saturated rings. The van der Waals surface area contributed by atoms with Crippen LogP contribution in [-0.4, -0.2) is 9.97 Å². The summed E-state index contributed by atoms with van der Waals surface area (Å²) in [5.41, 5.74) is 3.07. The Morgan fingerprint density at radius 2 is 1.85 bits per heavy atom. The maximum Gasteiger partial charge on any atom is 0.260 e. The fourth-order valence-corrected chi connectivity index (χ4v) is 4.90. The van der Waals surface area contributed by atoms with Gasteiger partial charge in [0, 0.05) is 21.2 Å². The average Bonchev–Trinajstić information content (AvgIpc) is 2.98. The number of hydrogen-bond donors (Lipinski definition) is 1. The van der Waals surface area contributed by atoms with E-state index in [0.29, 0.717) is 15.6 Å². The summed E-state index contributed by atoms with van der Waals surface area (Å²) in [4.78, 5) is 22.2. The van der Waals surface area contributed by atoms with Crippen molar-refractivity contribution in [2.45, 2.75) is 17.8 Å². The molecule has 0 atom stereocenters. The van der Waals surface area contributed by atoms with Gasteiger partial charge in [-0.3, -0.25) is 4.79 Å². The molecule has 0 radical (unpaired) electrons. The Morgan fingerprint density at radius 1 is 1.12 bits per heavy atom. The third-order valence-electron chi connectivity index (χ3n) is 4.07. The van der Waals surface area contributed by atoms with E-state index in [0.717, 1.165) is 32.2 Å². The third kappa shape index (κ3) is 3.43. The Labute approximate surface area is 164 Å². The molecule has 0 aliphatic heterocycles. The van der Waals surface area contributed by atoms with Gasteiger partial charge in [-0.15, -0.1) is 11.3 Å². The standard InChI is InChI=1S/C20H15ClN2OS2/c1-12-16(14-5-3-2-4-6-14)17-18(24)22-20(23-19(17)26-12)25-11-13-7-9-15(21)10-8-13/h2-10H,11H2,1H3,(H,22,23,24). The molecule has 0 aliphatic carbocycles. The summed E-state index contributed by atoms with van der Waals surface area (Å²) >= 11 is 9.00. The molecule has 6 heteroatoms. The minimum atomic E-state index is -0.0863. The van der Waals surface area contributed by atoms with Gasteiger partial charge in [0.05, 0.1) is 5.39 Å². The van der Waals surface area contributed by atoms with Crippen LogP contribution < -0.4 is 5.56 Å². The summed E-state index contributed by atoms with van der Waals surface area (Å²) in [6.07, 6.45) is 0. The topological polar surface area (TPSA) is 45.8 Å². The van der Waals surface area contributed by atoms with Crippen LogP contribution in [-0.2, 0) is 5.75 Å². The lowest BCUT2D eigenvalue weighted by molar-refractivity contribution is 0.980. The van der Waals surface area contributed by atoms with Crippen LogP contribution in [0.25, 0.3) is 21.3 Å². The second-order valence-corrected chi connectivity index (χ2v) is 8.47. The zero-order valence-corrected chi connectivity index (χ0v) is 16.3. The maximum atomic E-state index is 12.7. The highest BCUT2D eigenvalue weighted by Crippen LogP contribution is 2.36. The first-order valence-corrected chi connectivity index (χ1v) is 10.3. The zero-order chi connectivity index (χ0) is 18.1. The van der Waals surface area contributed by atoms with E-state index in [1.54, 1.807) is 11.3 Å². The first kappa shape index (κ1) is 17.3. The quantitative estimate of drug-likeness (QED) is 0.343. The molecule has 4 rings (SSSR count). The van der Waals surface area contributed by atoms with Gasteiger partial charge < -0.3 is 4.98 Å². The molecule has 0 spiro atoms. The van der Waals surface area contributed by atoms with Crippen molar-refractivity contribution in [1.82, 2.24) is 9.97 Å². The number of benzene rings is 2. The molecule has 1 N–H and O–H groups in total. The van der Waals surface area contributed by atoms with E-state index in [-0.39, 0.29) is 5.56 Å². The Bertz CT molecular complexity index is 1120. The molecule has 2 aromatic heterocycles. The number of nitrogens with one attached hydrogen (secondary N) is 1. The first-order chi connectivity index (χ1) is 12.6. The monoisotopic (exact) mass is 398 g/mol. The first-order valence-electron chi connectivity index (χ1n) is 8.08. The lowest BCUT2D eigenvalue weighted by Crippen LogP contribution is -2.08. The summed E-state index contributed by atoms with van der Waals surface area (Å²) in [5.74, 6) is 0.724. The van der Waals surface area contributed by atoms with Gasteiger partial charge >= 0.3 is 0 Å². The van der Waals surface area contributed by atoms with Gasteiger partial charge in [0.2, 0.25) is 0 Å². The summed E-state index contributed by atoms with van der Waals surface area (Å²) in [7, 11) is 0. The van der Waals surface area contributed by atoms with Crippen molar-refractivity contribution >= 4 is 44.9 Å². The van der Waals surface area contributed by atoms with Gasteiger partial charge in [0.25, 0.3) is 5.56 Å². The van der Waals surface area contributed by atoms with Crippen LogP contribution in [0.4, 0.5) is 0 Å². The van der Waals surface area contributed by atoms with Crippen molar-refractivity contribution in [3.63, 3.8) is 0 Å². The number of aromatic nitrogens is 2. The van der Waals surface area contributed by atoms with E-state index in [1.807, 2.05) is 61.5 Å². The number of rotatable bonds is 4. The summed E-state index contributed by atoms with van der Waals surface area (Å²) in [6, 6.07) is 17.7. The predicted octanol–water partition coefficient (Wildman–Crippen LogP) is 5.91. The number of thioether (sulfide) groups is 1. The molecule has 0 bridgehead atoms. The predicted molar refractivity (Wildman–Crippen MR) is 111 cm³/mol. The molecular weight excluding hydrogens is 384 g/mol. The van der Waals surface area contributed by atoms with Gasteiger partial charge in [0.15, 0.2) is 5.16 Å². The SMILES string of the molecule is Cc1sc2nc(SCc3ccc(Cl)cc3)[nH]c(=O)c2c1-c1ccccc1. The molecule has 0 amide bonds. The van der Waals surface area contributed by atoms with E-state index in [2.05, 4.69) is 9.97 Å². The summed E-state index contributed by atoms with van der Waals surface area (Å²) in [5, 5.41) is 2.03. The van der Waals surface area contributed by atoms with Crippen LogP contribution in [0, 0.1) is 6.92 Å². The molecule has 0 saturated heterocycles. The molecule has 2 aromatic carbocycles. The van der Waals surface area contributed by atoms with Crippen molar-refractivity contribution < 1.29 is 0 Å². The highest BCUT2D eigenvalue weighted by molar-refractivity contribution is 7.98. The molecular formula is C20H15ClN2OS2. The number of hydrogen-bond acceptors (Lipinski definition) is 4. The number of fused-ring (bicyclic) bond motifs is 1. The molecule has 0 unspecified atom stereocenters. The summed E-state index contributed by atoms with van der Waals surface area (Å²) in [6.45, 7) is 2.04. The fraction of sp³-hybridized carbons (Fsp3) is 0.100. The van der Waals surface area contributed by atoms with E-state index < -0.39 is 0 Å². The van der Waals surface area contributed by atoms with Crippen LogP contribution >= 0.6 is 34.7 Å². The highest BCUT2D eigenvalue weighted by atomic mass is 35.5. The minimum Gasteiger partial charge on any atom is -0.301 e. The van der Waals surface area contributed by atoms with Crippen LogP contribution in [0.5, 0.6) is 0 Å². The van der Waals surface area contributed by atoms with Crippen LogP contribution in [0.1, 0.15) is 10.4 Å². The third-order valence-corrected chi connectivity index (χ3v) is 6.26. The zero-order valence-electron chi connectivity index (χ0n) is 14.0. The van der Waals surface area contributed by atoms with Crippen molar-refractivity contribution in [2.75, 3.05) is 0 Å². The van der Waals surface area contributed by atoms with Crippen molar-refractivity contribution in [3.8, 4) is 11.1 Å². The highest BCUT2D eigenvalue weighted by Gasteiger charge is 2.16. The van der Waals surface area contributed by atoms with Crippen molar-refractivity contribution in [1.29, 1.82) is 0 Å². The average molecular weight is 399 g/mol. The lowest BCUT2D eigenvalue weighted by Gasteiger charge is -2.03. The largest absolute Gasteiger partial charge is 0.301 e. The number of H-pyrrole nitrogens is 1. The number of thiophene rings is 1. The van der Waals surface area contributed by atoms with Crippen LogP contribution in [0.3, 0.4) is 0 Å². The number of aryl methyl sites for hydroxylation is 1. The lowest BCUT2D eigenvalue weighted by atomic mass is 10.0. The molecule has 26 heavy (non-hydrogen) atoms. The Hall–Kier alpha value is -2.08. The molecule has 0 aliphatic rings. The molecule has 4 aromatic rings.